The maximum atomic E-state index is 11.7. The molecule has 19 heavy (non-hydrogen) atoms. The van der Waals surface area contributed by atoms with Crippen LogP contribution in [0.2, 0.25) is 0 Å². The van der Waals surface area contributed by atoms with Crippen molar-refractivity contribution >= 4 is 21.6 Å². The summed E-state index contributed by atoms with van der Waals surface area (Å²) in [5.41, 5.74) is 1.23. The molecule has 5 heteroatoms. The zero-order valence-corrected chi connectivity index (χ0v) is 13.0. The molecule has 0 radical (unpaired) electrons. The fourth-order valence-corrected chi connectivity index (χ4v) is 3.51. The van der Waals surface area contributed by atoms with Crippen LogP contribution in [0, 0.1) is 5.92 Å². The number of halogens is 1. The first-order valence-corrected chi connectivity index (χ1v) is 8.71. The lowest BCUT2D eigenvalue weighted by Crippen LogP contribution is -2.30. The van der Waals surface area contributed by atoms with Gasteiger partial charge in [-0.3, -0.25) is 0 Å². The highest BCUT2D eigenvalue weighted by molar-refractivity contribution is 7.89. The predicted molar refractivity (Wildman–Crippen MR) is 81.1 cm³/mol. The van der Waals surface area contributed by atoms with Gasteiger partial charge in [0.05, 0.1) is 5.75 Å². The number of nitrogens with one attached hydrogen (secondary N) is 1. The summed E-state index contributed by atoms with van der Waals surface area (Å²) in [7, 11) is -3.21. The lowest BCUT2D eigenvalue weighted by molar-refractivity contribution is 0.561. The lowest BCUT2D eigenvalue weighted by atomic mass is 9.98. The van der Waals surface area contributed by atoms with E-state index < -0.39 is 10.0 Å². The molecule has 0 fully saturated rings. The van der Waals surface area contributed by atoms with Crippen LogP contribution in [0.25, 0.3) is 0 Å². The molecule has 2 unspecified atom stereocenters. The van der Waals surface area contributed by atoms with Crippen LogP contribution < -0.4 is 4.72 Å². The van der Waals surface area contributed by atoms with E-state index >= 15 is 0 Å². The molecule has 0 aromatic heterocycles. The Balaban J connectivity index is 2.38. The molecule has 0 saturated heterocycles. The molecule has 1 N–H and O–H groups in total. The second-order valence-electron chi connectivity index (χ2n) is 5.04. The average molecular weight is 304 g/mol. The Labute approximate surface area is 121 Å². The van der Waals surface area contributed by atoms with E-state index in [1.807, 2.05) is 25.1 Å². The molecule has 0 aliphatic rings. The van der Waals surface area contributed by atoms with Gasteiger partial charge < -0.3 is 0 Å². The van der Waals surface area contributed by atoms with Gasteiger partial charge in [0.25, 0.3) is 0 Å². The molecular formula is C14H22ClNO2S. The molecule has 3 nitrogen and oxygen atoms in total. The maximum Gasteiger partial charge on any atom is 0.211 e. The highest BCUT2D eigenvalue weighted by Gasteiger charge is 2.15. The molecule has 108 valence electrons. The summed E-state index contributed by atoms with van der Waals surface area (Å²) in [6, 6.07) is 10.1. The second-order valence-corrected chi connectivity index (χ2v) is 7.20. The maximum absolute atomic E-state index is 11.7. The van der Waals surface area contributed by atoms with Crippen molar-refractivity contribution < 1.29 is 8.42 Å². The Morgan fingerprint density at radius 3 is 2.42 bits per heavy atom. The zero-order chi connectivity index (χ0) is 14.3. The van der Waals surface area contributed by atoms with Crippen molar-refractivity contribution in [3.05, 3.63) is 35.9 Å². The van der Waals surface area contributed by atoms with E-state index in [0.717, 1.165) is 6.42 Å². The molecular weight excluding hydrogens is 282 g/mol. The summed E-state index contributed by atoms with van der Waals surface area (Å²) in [5, 5.41) is 0. The fourth-order valence-electron chi connectivity index (χ4n) is 1.86. The summed E-state index contributed by atoms with van der Waals surface area (Å²) in [5.74, 6) is 0.775. The molecule has 0 amide bonds. The van der Waals surface area contributed by atoms with E-state index in [1.165, 1.54) is 5.56 Å². The SMILES string of the molecule is CC(CCl)CS(=O)(=O)NCCC(C)c1ccccc1. The van der Waals surface area contributed by atoms with Gasteiger partial charge in [-0.25, -0.2) is 13.1 Å². The van der Waals surface area contributed by atoms with Gasteiger partial charge >= 0.3 is 0 Å². The summed E-state index contributed by atoms with van der Waals surface area (Å²) < 4.78 is 26.1. The van der Waals surface area contributed by atoms with Crippen LogP contribution in [-0.2, 0) is 10.0 Å². The first-order valence-electron chi connectivity index (χ1n) is 6.53. The molecule has 1 aromatic carbocycles. The van der Waals surface area contributed by atoms with Crippen LogP contribution in [0.5, 0.6) is 0 Å². The minimum atomic E-state index is -3.21. The monoisotopic (exact) mass is 303 g/mol. The Kier molecular flexibility index (Phi) is 6.83. The Bertz CT molecular complexity index is 462. The van der Waals surface area contributed by atoms with Crippen LogP contribution in [0.3, 0.4) is 0 Å². The van der Waals surface area contributed by atoms with Gasteiger partial charge in [-0.1, -0.05) is 44.2 Å². The van der Waals surface area contributed by atoms with Crippen molar-refractivity contribution in [1.82, 2.24) is 4.72 Å². The molecule has 0 spiro atoms. The van der Waals surface area contributed by atoms with Crippen LogP contribution in [0.4, 0.5) is 0 Å². The third-order valence-corrected chi connectivity index (χ3v) is 5.21. The van der Waals surface area contributed by atoms with Crippen LogP contribution in [0.1, 0.15) is 31.7 Å². The van der Waals surface area contributed by atoms with Crippen molar-refractivity contribution in [2.24, 2.45) is 5.92 Å². The van der Waals surface area contributed by atoms with Gasteiger partial charge in [0.1, 0.15) is 0 Å². The van der Waals surface area contributed by atoms with Crippen LogP contribution in [-0.4, -0.2) is 26.6 Å². The Morgan fingerprint density at radius 1 is 1.21 bits per heavy atom. The molecule has 1 rings (SSSR count). The van der Waals surface area contributed by atoms with Crippen molar-refractivity contribution in [1.29, 1.82) is 0 Å². The smallest absolute Gasteiger partial charge is 0.211 e. The van der Waals surface area contributed by atoms with Gasteiger partial charge in [0.15, 0.2) is 0 Å². The predicted octanol–water partition coefficient (Wildman–Crippen LogP) is 2.97. The van der Waals surface area contributed by atoms with E-state index in [9.17, 15) is 8.42 Å². The number of alkyl halides is 1. The minimum absolute atomic E-state index is 0.0225. The summed E-state index contributed by atoms with van der Waals surface area (Å²) >= 11 is 5.63. The van der Waals surface area contributed by atoms with Gasteiger partial charge in [-0.15, -0.1) is 11.6 Å². The standard InChI is InChI=1S/C14H22ClNO2S/c1-12(10-15)11-19(17,18)16-9-8-13(2)14-6-4-3-5-7-14/h3-7,12-13,16H,8-11H2,1-2H3. The third-order valence-electron chi connectivity index (χ3n) is 3.04. The molecule has 0 aliphatic carbocycles. The van der Waals surface area contributed by atoms with E-state index in [-0.39, 0.29) is 11.7 Å². The second kappa shape index (κ2) is 7.88. The molecule has 0 bridgehead atoms. The van der Waals surface area contributed by atoms with Crippen molar-refractivity contribution in [2.75, 3.05) is 18.2 Å². The summed E-state index contributed by atoms with van der Waals surface area (Å²) in [6.07, 6.45) is 0.790. The quantitative estimate of drug-likeness (QED) is 0.751. The highest BCUT2D eigenvalue weighted by atomic mass is 35.5. The van der Waals surface area contributed by atoms with Gasteiger partial charge in [-0.2, -0.15) is 0 Å². The van der Waals surface area contributed by atoms with E-state index in [4.69, 9.17) is 11.6 Å². The first-order chi connectivity index (χ1) is 8.94. The summed E-state index contributed by atoms with van der Waals surface area (Å²) in [6.45, 7) is 4.40. The summed E-state index contributed by atoms with van der Waals surface area (Å²) in [4.78, 5) is 0. The molecule has 0 aliphatic heterocycles. The fraction of sp³-hybridized carbons (Fsp3) is 0.571. The van der Waals surface area contributed by atoms with E-state index in [1.54, 1.807) is 0 Å². The van der Waals surface area contributed by atoms with E-state index in [2.05, 4.69) is 23.8 Å². The lowest BCUT2D eigenvalue weighted by Gasteiger charge is -2.13. The van der Waals surface area contributed by atoms with Gasteiger partial charge in [-0.05, 0) is 23.8 Å². The first kappa shape index (κ1) is 16.5. The van der Waals surface area contributed by atoms with E-state index in [0.29, 0.717) is 18.3 Å². The topological polar surface area (TPSA) is 46.2 Å². The number of hydrogen-bond acceptors (Lipinski definition) is 2. The van der Waals surface area contributed by atoms with Crippen LogP contribution in [0.15, 0.2) is 30.3 Å². The molecule has 0 saturated carbocycles. The van der Waals surface area contributed by atoms with Crippen molar-refractivity contribution in [2.45, 2.75) is 26.2 Å². The third kappa shape index (κ3) is 6.41. The Hall–Kier alpha value is -0.580. The number of hydrogen-bond donors (Lipinski definition) is 1. The minimum Gasteiger partial charge on any atom is -0.215 e. The zero-order valence-electron chi connectivity index (χ0n) is 11.5. The molecule has 0 heterocycles. The molecule has 2 atom stereocenters. The van der Waals surface area contributed by atoms with Crippen molar-refractivity contribution in [3.8, 4) is 0 Å². The number of rotatable bonds is 8. The normalized spacial score (nSPS) is 15.1. The van der Waals surface area contributed by atoms with Crippen LogP contribution >= 0.6 is 11.6 Å². The number of benzene rings is 1. The van der Waals surface area contributed by atoms with Crippen molar-refractivity contribution in [3.63, 3.8) is 0 Å². The highest BCUT2D eigenvalue weighted by Crippen LogP contribution is 2.17. The van der Waals surface area contributed by atoms with Gasteiger partial charge in [0.2, 0.25) is 10.0 Å². The molecule has 1 aromatic rings. The Morgan fingerprint density at radius 2 is 1.84 bits per heavy atom. The average Bonchev–Trinajstić information content (AvgIpc) is 2.38. The number of sulfonamides is 1. The largest absolute Gasteiger partial charge is 0.215 e. The van der Waals surface area contributed by atoms with Gasteiger partial charge in [0, 0.05) is 12.4 Å².